The molecule has 19 heavy (non-hydrogen) atoms. The average molecular weight is 261 g/mol. The summed E-state index contributed by atoms with van der Waals surface area (Å²) in [5.74, 6) is 1.45. The van der Waals surface area contributed by atoms with E-state index < -0.39 is 0 Å². The number of aromatic nitrogens is 2. The fourth-order valence-corrected chi connectivity index (χ4v) is 1.91. The summed E-state index contributed by atoms with van der Waals surface area (Å²) in [4.78, 5) is 4.35. The van der Waals surface area contributed by atoms with Crippen molar-refractivity contribution in [2.45, 2.75) is 39.7 Å². The van der Waals surface area contributed by atoms with Crippen LogP contribution in [0.4, 0.5) is 0 Å². The van der Waals surface area contributed by atoms with Crippen LogP contribution in [0.3, 0.4) is 0 Å². The number of hydrogen-bond donors (Lipinski definition) is 2. The topological polar surface area (TPSA) is 85.2 Å². The molecular weight excluding hydrogens is 242 g/mol. The van der Waals surface area contributed by atoms with Crippen molar-refractivity contribution in [3.05, 3.63) is 29.2 Å². The Labute approximate surface area is 112 Å². The predicted molar refractivity (Wildman–Crippen MR) is 72.8 cm³/mol. The summed E-state index contributed by atoms with van der Waals surface area (Å²) < 4.78 is 5.20. The molecule has 102 valence electrons. The first kappa shape index (κ1) is 13.5. The number of aryl methyl sites for hydroxylation is 3. The summed E-state index contributed by atoms with van der Waals surface area (Å²) in [5.41, 5.74) is 8.15. The molecule has 0 saturated heterocycles. The molecule has 2 rings (SSSR count). The van der Waals surface area contributed by atoms with E-state index in [9.17, 15) is 5.11 Å². The molecule has 0 saturated carbocycles. The third-order valence-corrected chi connectivity index (χ3v) is 3.03. The van der Waals surface area contributed by atoms with Crippen LogP contribution < -0.4 is 5.73 Å². The van der Waals surface area contributed by atoms with Crippen molar-refractivity contribution in [1.82, 2.24) is 10.1 Å². The number of nitrogens with zero attached hydrogens (tertiary/aromatic N) is 2. The number of phenolic OH excluding ortho intramolecular Hbond substituents is 1. The van der Waals surface area contributed by atoms with Gasteiger partial charge in [0.15, 0.2) is 0 Å². The van der Waals surface area contributed by atoms with Crippen LogP contribution in [0.1, 0.15) is 30.4 Å². The molecule has 5 heteroatoms. The third-order valence-electron chi connectivity index (χ3n) is 3.03. The minimum atomic E-state index is 0.119. The van der Waals surface area contributed by atoms with Gasteiger partial charge in [0.25, 0.3) is 0 Å². The molecule has 0 aliphatic heterocycles. The summed E-state index contributed by atoms with van der Waals surface area (Å²) in [7, 11) is 0. The Morgan fingerprint density at radius 1 is 1.32 bits per heavy atom. The Morgan fingerprint density at radius 3 is 2.53 bits per heavy atom. The zero-order chi connectivity index (χ0) is 14.0. The maximum Gasteiger partial charge on any atom is 0.227 e. The zero-order valence-electron chi connectivity index (χ0n) is 11.5. The van der Waals surface area contributed by atoms with Gasteiger partial charge in [0, 0.05) is 18.0 Å². The molecule has 1 aromatic heterocycles. The lowest BCUT2D eigenvalue weighted by Gasteiger charge is -2.04. The van der Waals surface area contributed by atoms with Crippen LogP contribution >= 0.6 is 0 Å². The van der Waals surface area contributed by atoms with E-state index in [1.165, 1.54) is 0 Å². The van der Waals surface area contributed by atoms with Crippen molar-refractivity contribution in [2.24, 2.45) is 5.73 Å². The Bertz CT molecular complexity index is 553. The quantitative estimate of drug-likeness (QED) is 0.882. The van der Waals surface area contributed by atoms with E-state index in [1.54, 1.807) is 0 Å². The zero-order valence-corrected chi connectivity index (χ0v) is 11.5. The Hall–Kier alpha value is -1.88. The molecule has 0 fully saturated rings. The molecule has 0 radical (unpaired) electrons. The molecule has 1 atom stereocenters. The van der Waals surface area contributed by atoms with Crippen molar-refractivity contribution in [2.75, 3.05) is 0 Å². The largest absolute Gasteiger partial charge is 0.507 e. The van der Waals surface area contributed by atoms with Crippen molar-refractivity contribution in [3.63, 3.8) is 0 Å². The molecule has 2 aromatic rings. The molecule has 0 bridgehead atoms. The minimum absolute atomic E-state index is 0.119. The lowest BCUT2D eigenvalue weighted by atomic mass is 10.1. The number of aromatic hydroxyl groups is 1. The minimum Gasteiger partial charge on any atom is -0.507 e. The van der Waals surface area contributed by atoms with Crippen LogP contribution in [0.15, 0.2) is 16.7 Å². The van der Waals surface area contributed by atoms with Gasteiger partial charge in [-0.2, -0.15) is 4.98 Å². The van der Waals surface area contributed by atoms with E-state index in [-0.39, 0.29) is 6.04 Å². The summed E-state index contributed by atoms with van der Waals surface area (Å²) in [6, 6.07) is 3.82. The fraction of sp³-hybridized carbons (Fsp3) is 0.429. The van der Waals surface area contributed by atoms with Crippen LogP contribution in [0.25, 0.3) is 11.4 Å². The van der Waals surface area contributed by atoms with Gasteiger partial charge in [0.2, 0.25) is 11.7 Å². The van der Waals surface area contributed by atoms with Crippen LogP contribution in [-0.4, -0.2) is 21.3 Å². The van der Waals surface area contributed by atoms with Crippen LogP contribution in [0.2, 0.25) is 0 Å². The Balaban J connectivity index is 2.23. The van der Waals surface area contributed by atoms with Crippen LogP contribution in [-0.2, 0) is 6.42 Å². The van der Waals surface area contributed by atoms with Crippen molar-refractivity contribution in [1.29, 1.82) is 0 Å². The maximum atomic E-state index is 9.75. The number of nitrogens with two attached hydrogens (primary N) is 1. The molecule has 1 aromatic carbocycles. The lowest BCUT2D eigenvalue weighted by molar-refractivity contribution is 0.372. The van der Waals surface area contributed by atoms with Gasteiger partial charge >= 0.3 is 0 Å². The number of rotatable bonds is 4. The van der Waals surface area contributed by atoms with E-state index in [0.717, 1.165) is 23.1 Å². The summed E-state index contributed by atoms with van der Waals surface area (Å²) in [6.07, 6.45) is 1.50. The second-order valence-electron chi connectivity index (χ2n) is 4.99. The monoisotopic (exact) mass is 261 g/mol. The summed E-state index contributed by atoms with van der Waals surface area (Å²) in [6.45, 7) is 5.65. The first-order valence-electron chi connectivity index (χ1n) is 6.36. The highest BCUT2D eigenvalue weighted by molar-refractivity contribution is 5.60. The molecule has 5 nitrogen and oxygen atoms in total. The first-order valence-corrected chi connectivity index (χ1v) is 6.36. The molecular formula is C14H19N3O2. The van der Waals surface area contributed by atoms with Crippen molar-refractivity contribution in [3.8, 4) is 17.1 Å². The molecule has 0 spiro atoms. The second kappa shape index (κ2) is 5.40. The van der Waals surface area contributed by atoms with E-state index in [0.29, 0.717) is 23.9 Å². The van der Waals surface area contributed by atoms with Gasteiger partial charge < -0.3 is 15.4 Å². The van der Waals surface area contributed by atoms with Crippen molar-refractivity contribution >= 4 is 0 Å². The summed E-state index contributed by atoms with van der Waals surface area (Å²) >= 11 is 0. The first-order chi connectivity index (χ1) is 8.97. The SMILES string of the molecule is Cc1cc(-c2noc(CCC(C)N)n2)cc(C)c1O. The average Bonchev–Trinajstić information content (AvgIpc) is 2.81. The van der Waals surface area contributed by atoms with Gasteiger partial charge in [0.05, 0.1) is 0 Å². The number of phenols is 1. The fourth-order valence-electron chi connectivity index (χ4n) is 1.91. The molecule has 0 amide bonds. The molecule has 3 N–H and O–H groups in total. The second-order valence-corrected chi connectivity index (χ2v) is 4.99. The number of hydrogen-bond acceptors (Lipinski definition) is 5. The third kappa shape index (κ3) is 3.12. The smallest absolute Gasteiger partial charge is 0.227 e. The molecule has 0 aliphatic carbocycles. The van der Waals surface area contributed by atoms with E-state index in [1.807, 2.05) is 32.9 Å². The number of benzene rings is 1. The van der Waals surface area contributed by atoms with Gasteiger partial charge in [-0.1, -0.05) is 5.16 Å². The highest BCUT2D eigenvalue weighted by atomic mass is 16.5. The van der Waals surface area contributed by atoms with Gasteiger partial charge in [-0.25, -0.2) is 0 Å². The van der Waals surface area contributed by atoms with Gasteiger partial charge in [-0.05, 0) is 50.5 Å². The predicted octanol–water partition coefficient (Wildman–Crippen LogP) is 2.34. The Kier molecular flexibility index (Phi) is 3.85. The maximum absolute atomic E-state index is 9.75. The van der Waals surface area contributed by atoms with E-state index >= 15 is 0 Å². The van der Waals surface area contributed by atoms with Gasteiger partial charge in [0.1, 0.15) is 5.75 Å². The summed E-state index contributed by atoms with van der Waals surface area (Å²) in [5, 5.41) is 13.7. The normalized spacial score (nSPS) is 12.6. The molecule has 1 heterocycles. The van der Waals surface area contributed by atoms with Crippen LogP contribution in [0.5, 0.6) is 5.75 Å². The van der Waals surface area contributed by atoms with Crippen molar-refractivity contribution < 1.29 is 9.63 Å². The Morgan fingerprint density at radius 2 is 1.95 bits per heavy atom. The molecule has 1 unspecified atom stereocenters. The lowest BCUT2D eigenvalue weighted by Crippen LogP contribution is -2.15. The standard InChI is InChI=1S/C14H19N3O2/c1-8-6-11(7-9(2)13(8)18)14-16-12(19-17-14)5-4-10(3)15/h6-7,10,18H,4-5,15H2,1-3H3. The van der Waals surface area contributed by atoms with E-state index in [4.69, 9.17) is 10.3 Å². The highest BCUT2D eigenvalue weighted by Crippen LogP contribution is 2.27. The van der Waals surface area contributed by atoms with E-state index in [2.05, 4.69) is 10.1 Å². The highest BCUT2D eigenvalue weighted by Gasteiger charge is 2.12. The van der Waals surface area contributed by atoms with Gasteiger partial charge in [-0.3, -0.25) is 0 Å². The molecule has 0 aliphatic rings. The van der Waals surface area contributed by atoms with Crippen LogP contribution in [0, 0.1) is 13.8 Å². The van der Waals surface area contributed by atoms with Gasteiger partial charge in [-0.15, -0.1) is 0 Å².